The van der Waals surface area contributed by atoms with Crippen molar-refractivity contribution in [3.8, 4) is 0 Å². The fraction of sp³-hybridized carbons (Fsp3) is 0.538. The smallest absolute Gasteiger partial charge is 0.238 e. The van der Waals surface area contributed by atoms with E-state index in [0.717, 1.165) is 7.41 Å². The van der Waals surface area contributed by atoms with E-state index in [0.29, 0.717) is 0 Å². The molecule has 0 atom stereocenters. The fourth-order valence-electron chi connectivity index (χ4n) is 1.85. The van der Waals surface area contributed by atoms with Gasteiger partial charge in [0, 0.05) is 0 Å². The third-order valence-corrected chi connectivity index (χ3v) is 2.61. The summed E-state index contributed by atoms with van der Waals surface area (Å²) in [5.41, 5.74) is 2.78. The van der Waals surface area contributed by atoms with Crippen LogP contribution < -0.4 is 5.46 Å². The number of nitrogens with zero attached hydrogens (tertiary/aromatic N) is 1. The van der Waals surface area contributed by atoms with Crippen LogP contribution in [0, 0.1) is 6.92 Å². The van der Waals surface area contributed by atoms with Gasteiger partial charge < -0.3 is 4.81 Å². The van der Waals surface area contributed by atoms with Gasteiger partial charge in [0.15, 0.2) is 0 Å². The van der Waals surface area contributed by atoms with E-state index in [1.54, 1.807) is 0 Å². The van der Waals surface area contributed by atoms with Gasteiger partial charge >= 0.3 is 0 Å². The molecule has 0 spiro atoms. The van der Waals surface area contributed by atoms with Gasteiger partial charge in [-0.25, -0.2) is 0 Å². The molecule has 1 aromatic rings. The van der Waals surface area contributed by atoms with Crippen molar-refractivity contribution in [3.63, 3.8) is 0 Å². The zero-order valence-corrected chi connectivity index (χ0v) is 10.3. The van der Waals surface area contributed by atoms with Crippen molar-refractivity contribution in [2.75, 3.05) is 13.1 Å². The van der Waals surface area contributed by atoms with Crippen LogP contribution in [0.15, 0.2) is 24.3 Å². The van der Waals surface area contributed by atoms with Gasteiger partial charge in [-0.15, -0.1) is 0 Å². The SMILES string of the molecule is CCCN(Bc1ccc(C)cc1)CCC. The first-order valence-corrected chi connectivity index (χ1v) is 6.04. The molecule has 0 bridgehead atoms. The van der Waals surface area contributed by atoms with E-state index in [1.165, 1.54) is 37.0 Å². The molecule has 1 nitrogen and oxygen atoms in total. The third-order valence-electron chi connectivity index (χ3n) is 2.61. The number of hydrogen-bond acceptors (Lipinski definition) is 1. The van der Waals surface area contributed by atoms with Crippen molar-refractivity contribution in [1.29, 1.82) is 0 Å². The van der Waals surface area contributed by atoms with E-state index in [1.807, 2.05) is 0 Å². The highest BCUT2D eigenvalue weighted by atomic mass is 15.0. The minimum absolute atomic E-state index is 1.10. The van der Waals surface area contributed by atoms with Crippen molar-refractivity contribution in [1.82, 2.24) is 4.81 Å². The lowest BCUT2D eigenvalue weighted by atomic mass is 9.79. The molecule has 1 rings (SSSR count). The van der Waals surface area contributed by atoms with Crippen LogP contribution in [-0.2, 0) is 0 Å². The quantitative estimate of drug-likeness (QED) is 0.640. The Morgan fingerprint density at radius 2 is 1.53 bits per heavy atom. The first-order valence-electron chi connectivity index (χ1n) is 6.04. The second-order valence-corrected chi connectivity index (χ2v) is 4.26. The second kappa shape index (κ2) is 6.68. The van der Waals surface area contributed by atoms with Crippen LogP contribution in [0.3, 0.4) is 0 Å². The van der Waals surface area contributed by atoms with Gasteiger partial charge in [-0.3, -0.25) is 0 Å². The molecule has 0 saturated carbocycles. The molecule has 0 heterocycles. The largest absolute Gasteiger partial charge is 0.341 e. The van der Waals surface area contributed by atoms with Crippen LogP contribution in [0.25, 0.3) is 0 Å². The van der Waals surface area contributed by atoms with Crippen molar-refractivity contribution in [2.45, 2.75) is 33.6 Å². The summed E-state index contributed by atoms with van der Waals surface area (Å²) in [6.45, 7) is 9.05. The van der Waals surface area contributed by atoms with Gasteiger partial charge in [-0.1, -0.05) is 49.1 Å². The van der Waals surface area contributed by atoms with Crippen LogP contribution in [-0.4, -0.2) is 25.3 Å². The van der Waals surface area contributed by atoms with Crippen molar-refractivity contribution >= 4 is 12.9 Å². The Labute approximate surface area is 94.8 Å². The summed E-state index contributed by atoms with van der Waals surface area (Å²) in [5, 5.41) is 0. The van der Waals surface area contributed by atoms with E-state index in [-0.39, 0.29) is 0 Å². The maximum Gasteiger partial charge on any atom is 0.238 e. The summed E-state index contributed by atoms with van der Waals surface area (Å²) in [4.78, 5) is 2.53. The predicted molar refractivity (Wildman–Crippen MR) is 70.1 cm³/mol. The Morgan fingerprint density at radius 1 is 1.00 bits per heavy atom. The first kappa shape index (κ1) is 12.3. The van der Waals surface area contributed by atoms with Crippen LogP contribution in [0.4, 0.5) is 0 Å². The van der Waals surface area contributed by atoms with Crippen LogP contribution >= 0.6 is 0 Å². The zero-order valence-electron chi connectivity index (χ0n) is 10.3. The molecule has 0 aliphatic carbocycles. The van der Waals surface area contributed by atoms with Crippen molar-refractivity contribution in [3.05, 3.63) is 29.8 Å². The van der Waals surface area contributed by atoms with Gasteiger partial charge in [-0.2, -0.15) is 0 Å². The summed E-state index contributed by atoms with van der Waals surface area (Å²) in [6.07, 6.45) is 2.48. The van der Waals surface area contributed by atoms with E-state index in [9.17, 15) is 0 Å². The van der Waals surface area contributed by atoms with Crippen molar-refractivity contribution in [2.24, 2.45) is 0 Å². The molecule has 15 heavy (non-hydrogen) atoms. The van der Waals surface area contributed by atoms with E-state index in [2.05, 4.69) is 49.8 Å². The van der Waals surface area contributed by atoms with Gasteiger partial charge in [0.2, 0.25) is 7.41 Å². The third kappa shape index (κ3) is 4.52. The van der Waals surface area contributed by atoms with Crippen LogP contribution in [0.2, 0.25) is 0 Å². The number of rotatable bonds is 6. The molecule has 0 aliphatic heterocycles. The maximum absolute atomic E-state index is 2.53. The molecule has 2 heteroatoms. The number of hydrogen-bond donors (Lipinski definition) is 0. The minimum atomic E-state index is 1.10. The monoisotopic (exact) mass is 203 g/mol. The standard InChI is InChI=1S/C13H22BN/c1-4-10-15(11-5-2)14-13-8-6-12(3)7-9-13/h6-9,14H,4-5,10-11H2,1-3H3. The molecule has 0 aromatic heterocycles. The minimum Gasteiger partial charge on any atom is -0.341 e. The summed E-state index contributed by atoms with van der Waals surface area (Å²) in [5.74, 6) is 0. The molecule has 0 N–H and O–H groups in total. The normalized spacial score (nSPS) is 10.7. The van der Waals surface area contributed by atoms with Crippen LogP contribution in [0.1, 0.15) is 32.3 Å². The van der Waals surface area contributed by atoms with Crippen LogP contribution in [0.5, 0.6) is 0 Å². The average molecular weight is 203 g/mol. The van der Waals surface area contributed by atoms with E-state index >= 15 is 0 Å². The Bertz CT molecular complexity index is 262. The Kier molecular flexibility index (Phi) is 5.48. The molecular formula is C13H22BN. The van der Waals surface area contributed by atoms with Gasteiger partial charge in [-0.05, 0) is 32.9 Å². The molecule has 0 saturated heterocycles. The average Bonchev–Trinajstić information content (AvgIpc) is 2.22. The highest BCUT2D eigenvalue weighted by molar-refractivity contribution is 6.50. The number of aryl methyl sites for hydroxylation is 1. The summed E-state index contributed by atoms with van der Waals surface area (Å²) >= 11 is 0. The molecule has 0 aliphatic rings. The lowest BCUT2D eigenvalue weighted by molar-refractivity contribution is 0.445. The summed E-state index contributed by atoms with van der Waals surface area (Å²) in [7, 11) is 1.10. The molecule has 0 fully saturated rings. The first-order chi connectivity index (χ1) is 7.26. The molecule has 0 radical (unpaired) electrons. The zero-order chi connectivity index (χ0) is 11.1. The molecule has 0 unspecified atom stereocenters. The Hall–Kier alpha value is -0.755. The van der Waals surface area contributed by atoms with Crippen molar-refractivity contribution < 1.29 is 0 Å². The fourth-order valence-corrected chi connectivity index (χ4v) is 1.85. The number of benzene rings is 1. The Balaban J connectivity index is 2.53. The maximum atomic E-state index is 2.53. The van der Waals surface area contributed by atoms with E-state index < -0.39 is 0 Å². The molecule has 0 amide bonds. The molecule has 82 valence electrons. The van der Waals surface area contributed by atoms with Gasteiger partial charge in [0.05, 0.1) is 0 Å². The second-order valence-electron chi connectivity index (χ2n) is 4.26. The lowest BCUT2D eigenvalue weighted by Crippen LogP contribution is -2.37. The summed E-state index contributed by atoms with van der Waals surface area (Å²) < 4.78 is 0. The lowest BCUT2D eigenvalue weighted by Gasteiger charge is -2.20. The Morgan fingerprint density at radius 3 is 2.00 bits per heavy atom. The van der Waals surface area contributed by atoms with Gasteiger partial charge in [0.1, 0.15) is 0 Å². The van der Waals surface area contributed by atoms with E-state index in [4.69, 9.17) is 0 Å². The molecule has 1 aromatic carbocycles. The highest BCUT2D eigenvalue weighted by Crippen LogP contribution is 1.95. The predicted octanol–water partition coefficient (Wildman–Crippen LogP) is 2.09. The topological polar surface area (TPSA) is 3.24 Å². The van der Waals surface area contributed by atoms with Gasteiger partial charge in [0.25, 0.3) is 0 Å². The highest BCUT2D eigenvalue weighted by Gasteiger charge is 2.05. The summed E-state index contributed by atoms with van der Waals surface area (Å²) in [6, 6.07) is 8.89. The molecular weight excluding hydrogens is 181 g/mol.